The van der Waals surface area contributed by atoms with E-state index in [1.165, 1.54) is 6.08 Å². The number of ketones is 1. The zero-order valence-electron chi connectivity index (χ0n) is 12.6. The molecule has 0 amide bonds. The van der Waals surface area contributed by atoms with Crippen molar-refractivity contribution in [2.45, 2.75) is 0 Å². The van der Waals surface area contributed by atoms with Crippen molar-refractivity contribution >= 4 is 17.8 Å². The normalized spacial score (nSPS) is 10.5. The number of benzene rings is 2. The van der Waals surface area contributed by atoms with Crippen molar-refractivity contribution in [3.05, 3.63) is 65.7 Å². The first-order chi connectivity index (χ1) is 11.1. The molecule has 2 rings (SSSR count). The van der Waals surface area contributed by atoms with Gasteiger partial charge in [-0.15, -0.1) is 0 Å². The minimum absolute atomic E-state index is 0.112. The molecule has 0 spiro atoms. The Morgan fingerprint density at radius 1 is 1.00 bits per heavy atom. The smallest absolute Gasteiger partial charge is 0.341 e. The van der Waals surface area contributed by atoms with Crippen LogP contribution in [0, 0.1) is 0 Å². The summed E-state index contributed by atoms with van der Waals surface area (Å²) in [5, 5.41) is 8.53. The maximum Gasteiger partial charge on any atom is 0.341 e. The van der Waals surface area contributed by atoms with Crippen molar-refractivity contribution in [3.63, 3.8) is 0 Å². The number of aliphatic carboxylic acids is 1. The maximum atomic E-state index is 12.0. The summed E-state index contributed by atoms with van der Waals surface area (Å²) < 4.78 is 10.1. The van der Waals surface area contributed by atoms with Crippen LogP contribution in [0.25, 0.3) is 6.08 Å². The van der Waals surface area contributed by atoms with Gasteiger partial charge in [-0.3, -0.25) is 4.79 Å². The SMILES string of the molecule is COc1ccc(C(=O)/C=C/c2ccc(OCC(=O)O)cc2)cc1. The molecule has 118 valence electrons. The molecular weight excluding hydrogens is 296 g/mol. The van der Waals surface area contributed by atoms with Crippen LogP contribution in [0.15, 0.2) is 54.6 Å². The van der Waals surface area contributed by atoms with Gasteiger partial charge in [0.05, 0.1) is 7.11 Å². The van der Waals surface area contributed by atoms with E-state index in [1.54, 1.807) is 61.7 Å². The van der Waals surface area contributed by atoms with Crippen LogP contribution in [0.5, 0.6) is 11.5 Å². The zero-order valence-corrected chi connectivity index (χ0v) is 12.6. The standard InChI is InChI=1S/C18H16O5/c1-22-15-9-5-14(6-10-15)17(19)11-4-13-2-7-16(8-3-13)23-12-18(20)21/h2-11H,12H2,1H3,(H,20,21)/b11-4+. The Morgan fingerprint density at radius 3 is 2.17 bits per heavy atom. The summed E-state index contributed by atoms with van der Waals surface area (Å²) in [6.45, 7) is -0.384. The highest BCUT2D eigenvalue weighted by molar-refractivity contribution is 6.06. The van der Waals surface area contributed by atoms with E-state index in [4.69, 9.17) is 14.6 Å². The Morgan fingerprint density at radius 2 is 1.61 bits per heavy atom. The molecule has 0 aliphatic rings. The van der Waals surface area contributed by atoms with Crippen LogP contribution in [0.1, 0.15) is 15.9 Å². The molecule has 2 aromatic carbocycles. The molecule has 0 unspecified atom stereocenters. The lowest BCUT2D eigenvalue weighted by atomic mass is 10.1. The summed E-state index contributed by atoms with van der Waals surface area (Å²) in [7, 11) is 1.57. The number of methoxy groups -OCH3 is 1. The third kappa shape index (κ3) is 5.00. The fourth-order valence-corrected chi connectivity index (χ4v) is 1.84. The Bertz CT molecular complexity index is 699. The number of rotatable bonds is 7. The molecular formula is C18H16O5. The largest absolute Gasteiger partial charge is 0.497 e. The van der Waals surface area contributed by atoms with Gasteiger partial charge in [0.15, 0.2) is 12.4 Å². The molecule has 1 N–H and O–H groups in total. The molecule has 5 heteroatoms. The van der Waals surface area contributed by atoms with E-state index in [0.717, 1.165) is 5.56 Å². The van der Waals surface area contributed by atoms with E-state index in [9.17, 15) is 9.59 Å². The molecule has 0 fully saturated rings. The number of hydrogen-bond acceptors (Lipinski definition) is 4. The van der Waals surface area contributed by atoms with Crippen molar-refractivity contribution in [2.24, 2.45) is 0 Å². The van der Waals surface area contributed by atoms with Gasteiger partial charge in [0.25, 0.3) is 0 Å². The van der Waals surface area contributed by atoms with E-state index in [2.05, 4.69) is 0 Å². The molecule has 0 aromatic heterocycles. The Hall–Kier alpha value is -3.08. The lowest BCUT2D eigenvalue weighted by molar-refractivity contribution is -0.139. The van der Waals surface area contributed by atoms with Gasteiger partial charge < -0.3 is 14.6 Å². The van der Waals surface area contributed by atoms with Gasteiger partial charge in [0, 0.05) is 5.56 Å². The molecule has 0 radical (unpaired) electrons. The fraction of sp³-hybridized carbons (Fsp3) is 0.111. The summed E-state index contributed by atoms with van der Waals surface area (Å²) >= 11 is 0. The minimum atomic E-state index is -1.03. The molecule has 5 nitrogen and oxygen atoms in total. The van der Waals surface area contributed by atoms with Gasteiger partial charge in [-0.25, -0.2) is 4.79 Å². The molecule has 0 aliphatic heterocycles. The van der Waals surface area contributed by atoms with Crippen molar-refractivity contribution in [2.75, 3.05) is 13.7 Å². The van der Waals surface area contributed by atoms with E-state index in [-0.39, 0.29) is 12.4 Å². The Kier molecular flexibility index (Phi) is 5.52. The first kappa shape index (κ1) is 16.3. The maximum absolute atomic E-state index is 12.0. The number of carbonyl (C=O) groups excluding carboxylic acids is 1. The second-order valence-corrected chi connectivity index (χ2v) is 4.68. The predicted molar refractivity (Wildman–Crippen MR) is 85.9 cm³/mol. The van der Waals surface area contributed by atoms with E-state index < -0.39 is 5.97 Å². The average molecular weight is 312 g/mol. The Labute approximate surface area is 133 Å². The molecule has 0 atom stereocenters. The van der Waals surface area contributed by atoms with Crippen molar-refractivity contribution in [1.82, 2.24) is 0 Å². The van der Waals surface area contributed by atoms with Crippen LogP contribution >= 0.6 is 0 Å². The van der Waals surface area contributed by atoms with Gasteiger partial charge in [0.1, 0.15) is 11.5 Å². The summed E-state index contributed by atoms with van der Waals surface area (Å²) in [4.78, 5) is 22.5. The van der Waals surface area contributed by atoms with E-state index in [1.807, 2.05) is 0 Å². The highest BCUT2D eigenvalue weighted by atomic mass is 16.5. The van der Waals surface area contributed by atoms with Crippen LogP contribution in [-0.2, 0) is 4.79 Å². The van der Waals surface area contributed by atoms with Crippen LogP contribution in [0.3, 0.4) is 0 Å². The summed E-state index contributed by atoms with van der Waals surface area (Å²) in [5.41, 5.74) is 1.39. The molecule has 0 aliphatic carbocycles. The number of allylic oxidation sites excluding steroid dienone is 1. The molecule has 0 saturated heterocycles. The number of carboxylic acid groups (broad SMARTS) is 1. The lowest BCUT2D eigenvalue weighted by Gasteiger charge is -2.03. The summed E-state index contributed by atoms with van der Waals surface area (Å²) in [6.07, 6.45) is 3.17. The first-order valence-corrected chi connectivity index (χ1v) is 6.89. The Balaban J connectivity index is 1.98. The van der Waals surface area contributed by atoms with Gasteiger partial charge in [-0.1, -0.05) is 18.2 Å². The van der Waals surface area contributed by atoms with E-state index in [0.29, 0.717) is 17.1 Å². The highest BCUT2D eigenvalue weighted by Gasteiger charge is 2.02. The minimum Gasteiger partial charge on any atom is -0.497 e. The van der Waals surface area contributed by atoms with Crippen molar-refractivity contribution in [1.29, 1.82) is 0 Å². The molecule has 0 bridgehead atoms. The number of hydrogen-bond donors (Lipinski definition) is 1. The fourth-order valence-electron chi connectivity index (χ4n) is 1.84. The number of carboxylic acids is 1. The summed E-state index contributed by atoms with van der Waals surface area (Å²) in [5.74, 6) is 0.0198. The van der Waals surface area contributed by atoms with Crippen molar-refractivity contribution < 1.29 is 24.2 Å². The number of ether oxygens (including phenoxy) is 2. The van der Waals surface area contributed by atoms with Crippen LogP contribution in [-0.4, -0.2) is 30.6 Å². The van der Waals surface area contributed by atoms with Crippen molar-refractivity contribution in [3.8, 4) is 11.5 Å². The average Bonchev–Trinajstić information content (AvgIpc) is 2.58. The summed E-state index contributed by atoms with van der Waals surface area (Å²) in [6, 6.07) is 13.7. The second kappa shape index (κ2) is 7.79. The van der Waals surface area contributed by atoms with E-state index >= 15 is 0 Å². The monoisotopic (exact) mass is 312 g/mol. The van der Waals surface area contributed by atoms with Crippen LogP contribution in [0.2, 0.25) is 0 Å². The highest BCUT2D eigenvalue weighted by Crippen LogP contribution is 2.15. The van der Waals surface area contributed by atoms with Crippen LogP contribution in [0.4, 0.5) is 0 Å². The quantitative estimate of drug-likeness (QED) is 0.628. The van der Waals surface area contributed by atoms with Crippen LogP contribution < -0.4 is 9.47 Å². The van der Waals surface area contributed by atoms with Gasteiger partial charge in [-0.05, 0) is 48.0 Å². The topological polar surface area (TPSA) is 72.8 Å². The van der Waals surface area contributed by atoms with Gasteiger partial charge >= 0.3 is 5.97 Å². The second-order valence-electron chi connectivity index (χ2n) is 4.68. The van der Waals surface area contributed by atoms with Gasteiger partial charge in [-0.2, -0.15) is 0 Å². The zero-order chi connectivity index (χ0) is 16.7. The first-order valence-electron chi connectivity index (χ1n) is 6.89. The third-order valence-electron chi connectivity index (χ3n) is 3.04. The third-order valence-corrected chi connectivity index (χ3v) is 3.04. The molecule has 0 saturated carbocycles. The predicted octanol–water partition coefficient (Wildman–Crippen LogP) is 3.05. The molecule has 23 heavy (non-hydrogen) atoms. The number of carbonyl (C=O) groups is 2. The molecule has 2 aromatic rings. The molecule has 0 heterocycles. The lowest BCUT2D eigenvalue weighted by Crippen LogP contribution is -2.09. The van der Waals surface area contributed by atoms with Gasteiger partial charge in [0.2, 0.25) is 0 Å².